The molecule has 43 heavy (non-hydrogen) atoms. The summed E-state index contributed by atoms with van der Waals surface area (Å²) >= 11 is 0. The molecular weight excluding hydrogens is 566 g/mol. The van der Waals surface area contributed by atoms with Crippen molar-refractivity contribution in [2.24, 2.45) is 50.2 Å². The summed E-state index contributed by atoms with van der Waals surface area (Å²) in [5.74, 6) is -0.944. The van der Waals surface area contributed by atoms with E-state index in [0.717, 1.165) is 38.5 Å². The number of allylic oxidation sites excluding steroid dienone is 2. The fourth-order valence-corrected chi connectivity index (χ4v) is 10.9. The van der Waals surface area contributed by atoms with E-state index in [1.165, 1.54) is 5.57 Å². The normalized spacial score (nSPS) is 44.2. The van der Waals surface area contributed by atoms with Crippen molar-refractivity contribution in [3.8, 4) is 0 Å². The maximum atomic E-state index is 14.4. The van der Waals surface area contributed by atoms with Gasteiger partial charge in [-0.25, -0.2) is 0 Å². The molecule has 9 heteroatoms. The summed E-state index contributed by atoms with van der Waals surface area (Å²) in [6.07, 6.45) is 11.1. The van der Waals surface area contributed by atoms with Gasteiger partial charge in [-0.15, -0.1) is 6.42 Å². The number of rotatable bonds is 5. The predicted octanol–water partition coefficient (Wildman–Crippen LogP) is -0.650. The summed E-state index contributed by atoms with van der Waals surface area (Å²) in [4.78, 5) is 49.7. The van der Waals surface area contributed by atoms with Crippen LogP contribution in [0.25, 0.3) is 0 Å². The van der Waals surface area contributed by atoms with Crippen molar-refractivity contribution < 1.29 is 93.6 Å². The van der Waals surface area contributed by atoms with E-state index in [2.05, 4.69) is 41.5 Å². The smallest absolute Gasteiger partial charge is 0.870 e. The van der Waals surface area contributed by atoms with Gasteiger partial charge in [0.15, 0.2) is 5.78 Å². The van der Waals surface area contributed by atoms with Gasteiger partial charge in [-0.1, -0.05) is 54.0 Å². The molecule has 0 radical (unpaired) electrons. The van der Waals surface area contributed by atoms with Crippen LogP contribution in [0.3, 0.4) is 0 Å². The van der Waals surface area contributed by atoms with Crippen molar-refractivity contribution in [1.82, 2.24) is 0 Å². The number of carbonyl (C=O) groups is 3. The molecule has 0 aliphatic heterocycles. The molecule has 9 atom stereocenters. The number of hydrogen-bond acceptors (Lipinski definition) is 7. The van der Waals surface area contributed by atoms with Gasteiger partial charge in [0, 0.05) is 29.1 Å². The number of ketones is 1. The maximum Gasteiger partial charge on any atom is 1.00 e. The van der Waals surface area contributed by atoms with Crippen LogP contribution < -0.4 is 64.2 Å². The number of hydrogen-bond donors (Lipinski definition) is 0. The van der Waals surface area contributed by atoms with Gasteiger partial charge in [-0.05, 0) is 97.4 Å². The van der Waals surface area contributed by atoms with E-state index in [0.29, 0.717) is 19.3 Å². The first-order chi connectivity index (χ1) is 18.5. The second-order valence-corrected chi connectivity index (χ2v) is 16.0. The molecule has 5 aliphatic rings. The molecule has 0 saturated heterocycles. The van der Waals surface area contributed by atoms with Crippen LogP contribution in [0.15, 0.2) is 11.6 Å². The molecular formula is C34H49Na2O7-. The fraction of sp³-hybridized carbons (Fsp3) is 0.824. The van der Waals surface area contributed by atoms with Crippen molar-refractivity contribution in [1.29, 1.82) is 0 Å². The van der Waals surface area contributed by atoms with Crippen molar-refractivity contribution >= 4 is 24.0 Å². The zero-order valence-corrected chi connectivity index (χ0v) is 32.1. The molecule has 0 bridgehead atoms. The van der Waals surface area contributed by atoms with Crippen molar-refractivity contribution in [3.63, 3.8) is 0 Å². The molecule has 4 fully saturated rings. The average Bonchev–Trinajstić information content (AvgIpc) is 2.86. The number of carboxylic acid groups (broad SMARTS) is 1. The molecule has 0 aromatic rings. The third kappa shape index (κ3) is 5.75. The Hall–Kier alpha value is -0.0200. The van der Waals surface area contributed by atoms with Gasteiger partial charge in [0.1, 0.15) is 6.10 Å². The maximum absolute atomic E-state index is 14.4. The Balaban J connectivity index is 0.00000215. The Kier molecular flexibility index (Phi) is 11.7. The number of aliphatic carboxylic acids is 1. The standard InChI is InChI=1S/C34H49O6.2Na.H2O/c1-29(2)24-10-13-34(7)27(32(24,5)12-11-25(29)40-26(37)9-8-18-35)23(36)19-21-22-20-31(4,28(38)39)15-14-30(22,3)16-17-33(21,34)6;;;/h19,22,24-25,27H,8-17,20H2,1-7H3,(H,38,39);;;1H2/q-1;2*+1;/p-2/t22-,24?,25-,27+,30+,31?,32-,33+,34+;;;/m0.../s1. The molecule has 7 nitrogen and oxygen atoms in total. The van der Waals surface area contributed by atoms with E-state index in [4.69, 9.17) is 4.74 Å². The number of fused-ring (bicyclic) bond motifs is 7. The molecule has 230 valence electrons. The van der Waals surface area contributed by atoms with E-state index in [-0.39, 0.29) is 140 Å². The van der Waals surface area contributed by atoms with Crippen molar-refractivity contribution in [2.75, 3.05) is 0 Å². The van der Waals surface area contributed by atoms with E-state index < -0.39 is 11.4 Å². The first-order valence-corrected chi connectivity index (χ1v) is 15.5. The number of carboxylic acids is 1. The minimum atomic E-state index is -0.967. The van der Waals surface area contributed by atoms with Gasteiger partial charge < -0.3 is 24.9 Å². The van der Waals surface area contributed by atoms with Crippen LogP contribution in [0.1, 0.15) is 119 Å². The van der Waals surface area contributed by atoms with Crippen LogP contribution in [0, 0.1) is 50.2 Å². The molecule has 2 unspecified atom stereocenters. The number of ether oxygens (including phenoxy) is 1. The summed E-state index contributed by atoms with van der Waals surface area (Å²) in [7, 11) is 0. The predicted molar refractivity (Wildman–Crippen MR) is 151 cm³/mol. The average molecular weight is 616 g/mol. The first kappa shape index (κ1) is 39.2. The van der Waals surface area contributed by atoms with Crippen LogP contribution in [0.2, 0.25) is 0 Å². The second kappa shape index (κ2) is 12.9. The van der Waals surface area contributed by atoms with E-state index >= 15 is 0 Å². The summed E-state index contributed by atoms with van der Waals surface area (Å²) in [5.41, 5.74) is -0.584. The quantitative estimate of drug-likeness (QED) is 0.228. The third-order valence-corrected chi connectivity index (χ3v) is 13.7. The van der Waals surface area contributed by atoms with E-state index in [1.54, 1.807) is 6.29 Å². The summed E-state index contributed by atoms with van der Waals surface area (Å²) in [6, 6.07) is 0. The zero-order valence-electron chi connectivity index (χ0n) is 28.1. The molecule has 5 rings (SSSR count). The Labute approximate surface area is 302 Å². The minimum Gasteiger partial charge on any atom is -0.870 e. The van der Waals surface area contributed by atoms with E-state index in [1.807, 2.05) is 13.0 Å². The van der Waals surface area contributed by atoms with Gasteiger partial charge in [0.2, 0.25) is 0 Å². The van der Waals surface area contributed by atoms with Crippen LogP contribution >= 0.6 is 0 Å². The van der Waals surface area contributed by atoms with Gasteiger partial charge >= 0.3 is 65.1 Å². The zero-order chi connectivity index (χ0) is 29.5. The van der Waals surface area contributed by atoms with Gasteiger partial charge in [0.25, 0.3) is 0 Å². The molecule has 0 heterocycles. The SMILES string of the molecule is CC1(C(=O)[O-])CC[C@]2(C)CC[C@]3(C)C(=CC(=O)[C@@H]4[C@@]5(C)CC[C@H](OC(=O)CC[C-]=O)C(C)(C)C5CC[C@]43C)[C@@H]2C1.[Na+].[Na+].[OH-]. The third-order valence-electron chi connectivity index (χ3n) is 13.7. The van der Waals surface area contributed by atoms with E-state index in [9.17, 15) is 24.3 Å². The van der Waals surface area contributed by atoms with Crippen molar-refractivity contribution in [2.45, 2.75) is 125 Å². The number of carbonyl (C=O) groups excluding carboxylic acids is 4. The Bertz CT molecular complexity index is 1170. The van der Waals surface area contributed by atoms with Gasteiger partial charge in [0.05, 0.1) is 0 Å². The minimum absolute atomic E-state index is 0. The van der Waals surface area contributed by atoms with Crippen LogP contribution in [0.4, 0.5) is 0 Å². The second-order valence-electron chi connectivity index (χ2n) is 16.0. The van der Waals surface area contributed by atoms with Gasteiger partial charge in [-0.3, -0.25) is 15.9 Å². The Morgan fingerprint density at radius 2 is 1.58 bits per heavy atom. The molecule has 5 aliphatic carbocycles. The van der Waals surface area contributed by atoms with Gasteiger partial charge in [-0.2, -0.15) is 0 Å². The van der Waals surface area contributed by atoms with Crippen LogP contribution in [-0.2, 0) is 23.9 Å². The summed E-state index contributed by atoms with van der Waals surface area (Å²) < 4.78 is 5.94. The molecule has 0 amide bonds. The Morgan fingerprint density at radius 1 is 0.953 bits per heavy atom. The fourth-order valence-electron chi connectivity index (χ4n) is 10.9. The molecule has 0 spiro atoms. The number of esters is 1. The topological polar surface area (TPSA) is 131 Å². The molecule has 1 N–H and O–H groups in total. The summed E-state index contributed by atoms with van der Waals surface area (Å²) in [5, 5.41) is 12.2. The van der Waals surface area contributed by atoms with Crippen molar-refractivity contribution in [3.05, 3.63) is 11.6 Å². The molecule has 0 aromatic heterocycles. The largest absolute Gasteiger partial charge is 1.00 e. The molecule has 4 saturated carbocycles. The molecule has 0 aromatic carbocycles. The van der Waals surface area contributed by atoms with Crippen LogP contribution in [-0.4, -0.2) is 35.6 Å². The monoisotopic (exact) mass is 615 g/mol. The summed E-state index contributed by atoms with van der Waals surface area (Å²) in [6.45, 7) is 15.5. The first-order valence-electron chi connectivity index (χ1n) is 15.5. The Morgan fingerprint density at radius 3 is 2.19 bits per heavy atom. The van der Waals surface area contributed by atoms with Crippen LogP contribution in [0.5, 0.6) is 0 Å².